The first-order chi connectivity index (χ1) is 27.3. The van der Waals surface area contributed by atoms with Crippen molar-refractivity contribution in [2.24, 2.45) is 10.9 Å². The standard InChI is InChI=1S/C37H44N10O8S2/c1-7-23(38)17-45-20-46(30-25(45)10-9-15-39-30)16-22-19-56-33-27(32(49)47(33)28(22)34(50)53-18-21-11-13-24(52-6)14-12-21)40-31(48)26(43-54-8-2)29-41-35(57-44-29)42-36(51)55-37(3,4)5/h9-15,20,23,27,33H,7-8,16-19,38H2,1-6H3,(H-,40,41,42,44,48,51)/p+1/b43-26-/t23-,27?,33?/m0/s1. The number of oxime groups is 1. The van der Waals surface area contributed by atoms with Crippen LogP contribution in [0.3, 0.4) is 0 Å². The predicted octanol–water partition coefficient (Wildman–Crippen LogP) is 3.11. The molecule has 4 N–H and O–H groups in total. The Labute approximate surface area is 336 Å². The Morgan fingerprint density at radius 3 is 2.63 bits per heavy atom. The Morgan fingerprint density at radius 1 is 1.16 bits per heavy atom. The molecule has 1 fully saturated rings. The van der Waals surface area contributed by atoms with Gasteiger partial charge in [-0.2, -0.15) is 9.36 Å². The van der Waals surface area contributed by atoms with E-state index in [9.17, 15) is 19.2 Å². The molecule has 20 heteroatoms. The highest BCUT2D eigenvalue weighted by Crippen LogP contribution is 2.41. The minimum absolute atomic E-state index is 0.0504. The van der Waals surface area contributed by atoms with Gasteiger partial charge in [-0.25, -0.2) is 14.2 Å². The average Bonchev–Trinajstić information content (AvgIpc) is 3.79. The first-order valence-electron chi connectivity index (χ1n) is 18.2. The Bertz CT molecular complexity index is 2200. The zero-order chi connectivity index (χ0) is 40.9. The summed E-state index contributed by atoms with van der Waals surface area (Å²) in [5.41, 5.74) is 8.29. The second-order valence-electron chi connectivity index (χ2n) is 14.1. The summed E-state index contributed by atoms with van der Waals surface area (Å²) in [4.78, 5) is 69.5. The molecule has 302 valence electrons. The van der Waals surface area contributed by atoms with Gasteiger partial charge < -0.3 is 30.1 Å². The highest BCUT2D eigenvalue weighted by atomic mass is 32.2. The molecule has 1 aromatic carbocycles. The largest absolute Gasteiger partial charge is 0.497 e. The number of hydrogen-bond donors (Lipinski definition) is 3. The van der Waals surface area contributed by atoms with E-state index in [0.29, 0.717) is 29.3 Å². The van der Waals surface area contributed by atoms with E-state index < -0.39 is 40.9 Å². The van der Waals surface area contributed by atoms with Crippen LogP contribution in [0.2, 0.25) is 0 Å². The number of rotatable bonds is 15. The summed E-state index contributed by atoms with van der Waals surface area (Å²) in [6.07, 6.45) is 3.65. The molecule has 3 aromatic heterocycles. The molecule has 0 spiro atoms. The molecule has 0 bridgehead atoms. The van der Waals surface area contributed by atoms with E-state index in [1.54, 1.807) is 65.3 Å². The predicted molar refractivity (Wildman–Crippen MR) is 211 cm³/mol. The normalized spacial score (nSPS) is 17.4. The fraction of sp³-hybridized carbons (Fsp3) is 0.432. The highest BCUT2D eigenvalue weighted by Gasteiger charge is 2.55. The fourth-order valence-corrected chi connectivity index (χ4v) is 7.88. The lowest BCUT2D eigenvalue weighted by molar-refractivity contribution is -0.665. The molecule has 3 amide bonds. The Balaban J connectivity index is 1.25. The van der Waals surface area contributed by atoms with Crippen LogP contribution in [0.15, 0.2) is 65.3 Å². The summed E-state index contributed by atoms with van der Waals surface area (Å²) in [5.74, 6) is -1.15. The number of imidazole rings is 1. The van der Waals surface area contributed by atoms with Crippen molar-refractivity contribution in [3.8, 4) is 5.75 Å². The number of hydrogen-bond acceptors (Lipinski definition) is 15. The van der Waals surface area contributed by atoms with Gasteiger partial charge in [0.1, 0.15) is 47.9 Å². The maximum absolute atomic E-state index is 14.0. The first kappa shape index (κ1) is 41.0. The Hall–Kier alpha value is -5.60. The number of pyridine rings is 1. The minimum atomic E-state index is -1.04. The van der Waals surface area contributed by atoms with Crippen LogP contribution < -0.4 is 25.7 Å². The summed E-state index contributed by atoms with van der Waals surface area (Å²) < 4.78 is 24.5. The second kappa shape index (κ2) is 17.7. The summed E-state index contributed by atoms with van der Waals surface area (Å²) in [6, 6.07) is 9.80. The van der Waals surface area contributed by atoms with Crippen LogP contribution >= 0.6 is 23.3 Å². The maximum atomic E-state index is 14.0. The Kier molecular flexibility index (Phi) is 12.7. The van der Waals surface area contributed by atoms with Gasteiger partial charge in [-0.1, -0.05) is 24.2 Å². The Morgan fingerprint density at radius 2 is 1.93 bits per heavy atom. The van der Waals surface area contributed by atoms with Gasteiger partial charge in [-0.3, -0.25) is 24.4 Å². The number of aromatic nitrogens is 5. The maximum Gasteiger partial charge on any atom is 0.414 e. The summed E-state index contributed by atoms with van der Waals surface area (Å²) in [5, 5.41) is 8.55. The van der Waals surface area contributed by atoms with Crippen LogP contribution in [0.25, 0.3) is 11.2 Å². The van der Waals surface area contributed by atoms with Crippen molar-refractivity contribution in [2.75, 3.05) is 24.8 Å². The number of thioether (sulfide) groups is 1. The van der Waals surface area contributed by atoms with E-state index in [-0.39, 0.29) is 48.2 Å². The van der Waals surface area contributed by atoms with Crippen LogP contribution in [0.4, 0.5) is 9.93 Å². The van der Waals surface area contributed by atoms with Crippen molar-refractivity contribution >= 4 is 69.2 Å². The number of nitrogens with one attached hydrogen (secondary N) is 2. The van der Waals surface area contributed by atoms with E-state index in [0.717, 1.165) is 29.0 Å². The van der Waals surface area contributed by atoms with Gasteiger partial charge in [-0.05, 0) is 63.9 Å². The van der Waals surface area contributed by atoms with Gasteiger partial charge in [0, 0.05) is 28.9 Å². The van der Waals surface area contributed by atoms with Crippen molar-refractivity contribution < 1.29 is 42.8 Å². The molecule has 6 rings (SSSR count). The van der Waals surface area contributed by atoms with Crippen molar-refractivity contribution in [1.29, 1.82) is 0 Å². The molecular weight excluding hydrogens is 777 g/mol. The lowest BCUT2D eigenvalue weighted by Crippen LogP contribution is -2.71. The number of β-lactam (4-membered cyclic amide) rings is 1. The van der Waals surface area contributed by atoms with Crippen molar-refractivity contribution in [1.82, 2.24) is 29.1 Å². The van der Waals surface area contributed by atoms with E-state index >= 15 is 0 Å². The lowest BCUT2D eigenvalue weighted by atomic mass is 10.0. The lowest BCUT2D eigenvalue weighted by Gasteiger charge is -2.49. The number of fused-ring (bicyclic) bond motifs is 2. The molecule has 2 unspecified atom stereocenters. The van der Waals surface area contributed by atoms with Crippen molar-refractivity contribution in [2.45, 2.75) is 83.8 Å². The highest BCUT2D eigenvalue weighted by molar-refractivity contribution is 8.00. The van der Waals surface area contributed by atoms with Crippen molar-refractivity contribution in [3.05, 3.63) is 71.6 Å². The van der Waals surface area contributed by atoms with Crippen LogP contribution in [-0.2, 0) is 48.4 Å². The number of anilines is 1. The zero-order valence-electron chi connectivity index (χ0n) is 32.4. The second-order valence-corrected chi connectivity index (χ2v) is 15.9. The minimum Gasteiger partial charge on any atom is -0.497 e. The molecule has 4 aromatic rings. The van der Waals surface area contributed by atoms with Gasteiger partial charge in [0.05, 0.1) is 20.2 Å². The summed E-state index contributed by atoms with van der Waals surface area (Å²) >= 11 is 2.20. The third-order valence-electron chi connectivity index (χ3n) is 8.75. The van der Waals surface area contributed by atoms with Crippen molar-refractivity contribution in [3.63, 3.8) is 0 Å². The topological polar surface area (TPSA) is 218 Å². The van der Waals surface area contributed by atoms with Gasteiger partial charge in [-0.15, -0.1) is 16.7 Å². The first-order valence-corrected chi connectivity index (χ1v) is 20.0. The SMILES string of the molecule is CCO/N=C(\C(=O)NC1C(=O)N2C(C(=O)OCc3ccc(OC)cc3)=C(C[n+]3cn(C[C@@H](N)CC)c4cccnc43)CSC12)c1nsc(NC(=O)OC(C)(C)C)n1. The van der Waals surface area contributed by atoms with E-state index in [1.165, 1.54) is 16.7 Å². The third-order valence-corrected chi connectivity index (χ3v) is 10.7. The number of amides is 3. The number of ether oxygens (including phenoxy) is 3. The molecule has 2 aliphatic heterocycles. The van der Waals surface area contributed by atoms with E-state index in [4.69, 9.17) is 24.8 Å². The van der Waals surface area contributed by atoms with Gasteiger partial charge in [0.15, 0.2) is 11.8 Å². The monoisotopic (exact) mass is 821 g/mol. The molecule has 3 atom stereocenters. The number of benzene rings is 1. The van der Waals surface area contributed by atoms with Crippen LogP contribution in [0.5, 0.6) is 5.75 Å². The number of carbonyl (C=O) groups excluding carboxylic acids is 4. The zero-order valence-corrected chi connectivity index (χ0v) is 34.0. The van der Waals surface area contributed by atoms with E-state index in [2.05, 4.69) is 30.1 Å². The van der Waals surface area contributed by atoms with Gasteiger partial charge in [0.25, 0.3) is 11.8 Å². The molecule has 2 aliphatic rings. The number of methoxy groups -OCH3 is 1. The van der Waals surface area contributed by atoms with Crippen LogP contribution in [0, 0.1) is 0 Å². The molecule has 5 heterocycles. The smallest absolute Gasteiger partial charge is 0.414 e. The molecular formula is C37H45N10O8S2+. The molecule has 0 saturated carbocycles. The van der Waals surface area contributed by atoms with Crippen LogP contribution in [-0.4, -0.2) is 95.9 Å². The van der Waals surface area contributed by atoms with Crippen LogP contribution in [0.1, 0.15) is 52.4 Å². The summed E-state index contributed by atoms with van der Waals surface area (Å²) in [6.45, 7) is 9.74. The fourth-order valence-electron chi connectivity index (χ4n) is 5.98. The number of esters is 1. The molecule has 0 radical (unpaired) electrons. The number of nitrogens with two attached hydrogens (primary N) is 1. The third kappa shape index (κ3) is 9.51. The number of carbonyl (C=O) groups is 4. The van der Waals surface area contributed by atoms with Gasteiger partial charge in [0.2, 0.25) is 16.7 Å². The quantitative estimate of drug-likeness (QED) is 0.0517. The average molecular weight is 822 g/mol. The molecule has 18 nitrogen and oxygen atoms in total. The molecule has 0 aliphatic carbocycles. The molecule has 1 saturated heterocycles. The molecule has 57 heavy (non-hydrogen) atoms. The summed E-state index contributed by atoms with van der Waals surface area (Å²) in [7, 11) is 1.56. The van der Waals surface area contributed by atoms with Gasteiger partial charge >= 0.3 is 17.7 Å². The number of nitrogens with zero attached hydrogens (tertiary/aromatic N) is 7. The van der Waals surface area contributed by atoms with E-state index in [1.807, 2.05) is 34.5 Å².